The Morgan fingerprint density at radius 3 is 3.11 bits per heavy atom. The van der Waals surface area contributed by atoms with E-state index in [9.17, 15) is 4.79 Å². The highest BCUT2D eigenvalue weighted by Gasteiger charge is 2.21. The molecule has 2 aromatic rings. The van der Waals surface area contributed by atoms with Crippen molar-refractivity contribution in [2.75, 3.05) is 5.32 Å². The number of carbonyl (C=O) groups is 1. The van der Waals surface area contributed by atoms with Crippen molar-refractivity contribution in [2.24, 2.45) is 0 Å². The third-order valence-corrected chi connectivity index (χ3v) is 3.85. The Balaban J connectivity index is 1.69. The fraction of sp³-hybridized carbons (Fsp3) is 0.308. The van der Waals surface area contributed by atoms with Gasteiger partial charge in [0.2, 0.25) is 0 Å². The van der Waals surface area contributed by atoms with Gasteiger partial charge in [0, 0.05) is 11.5 Å². The van der Waals surface area contributed by atoms with Gasteiger partial charge >= 0.3 is 6.03 Å². The molecule has 98 valence electrons. The summed E-state index contributed by atoms with van der Waals surface area (Å²) in [6.07, 6.45) is 4.71. The van der Waals surface area contributed by atoms with E-state index in [-0.39, 0.29) is 12.1 Å². The zero-order valence-electron chi connectivity index (χ0n) is 10.3. The number of urea groups is 1. The van der Waals surface area contributed by atoms with Crippen molar-refractivity contribution in [1.29, 1.82) is 0 Å². The molecule has 19 heavy (non-hydrogen) atoms. The van der Waals surface area contributed by atoms with Gasteiger partial charge in [-0.3, -0.25) is 5.32 Å². The summed E-state index contributed by atoms with van der Waals surface area (Å²) >= 11 is 1.17. The maximum Gasteiger partial charge on any atom is 0.320 e. The first-order valence-corrected chi connectivity index (χ1v) is 7.03. The molecule has 0 radical (unpaired) electrons. The molecule has 0 spiro atoms. The van der Waals surface area contributed by atoms with E-state index in [1.165, 1.54) is 22.7 Å². The lowest BCUT2D eigenvalue weighted by Gasteiger charge is -2.26. The fourth-order valence-electron chi connectivity index (χ4n) is 2.43. The topological polar surface area (TPSA) is 66.9 Å². The van der Waals surface area contributed by atoms with Gasteiger partial charge in [-0.1, -0.05) is 28.8 Å². The van der Waals surface area contributed by atoms with Crippen molar-refractivity contribution in [1.82, 2.24) is 14.9 Å². The minimum absolute atomic E-state index is 0.0887. The first-order valence-electron chi connectivity index (χ1n) is 6.25. The Morgan fingerprint density at radius 1 is 1.37 bits per heavy atom. The lowest BCUT2D eigenvalue weighted by Crippen LogP contribution is -2.34. The second kappa shape index (κ2) is 5.36. The Kier molecular flexibility index (Phi) is 3.41. The van der Waals surface area contributed by atoms with Crippen LogP contribution in [-0.2, 0) is 6.42 Å². The van der Waals surface area contributed by atoms with E-state index in [1.807, 2.05) is 12.1 Å². The molecule has 3 rings (SSSR count). The molecule has 1 atom stereocenters. The minimum Gasteiger partial charge on any atom is -0.331 e. The van der Waals surface area contributed by atoms with E-state index < -0.39 is 0 Å². The zero-order valence-corrected chi connectivity index (χ0v) is 11.1. The Bertz CT molecular complexity index is 570. The van der Waals surface area contributed by atoms with Gasteiger partial charge in [-0.25, -0.2) is 4.79 Å². The smallest absolute Gasteiger partial charge is 0.320 e. The quantitative estimate of drug-likeness (QED) is 0.885. The number of hydrogen-bond donors (Lipinski definition) is 2. The fourth-order valence-corrected chi connectivity index (χ4v) is 2.85. The van der Waals surface area contributed by atoms with Crippen LogP contribution in [-0.4, -0.2) is 15.6 Å². The Morgan fingerprint density at radius 2 is 2.26 bits per heavy atom. The van der Waals surface area contributed by atoms with E-state index in [4.69, 9.17) is 0 Å². The molecule has 1 aromatic carbocycles. The van der Waals surface area contributed by atoms with Crippen molar-refractivity contribution in [3.05, 3.63) is 41.6 Å². The van der Waals surface area contributed by atoms with Gasteiger partial charge in [0.25, 0.3) is 0 Å². The van der Waals surface area contributed by atoms with Crippen LogP contribution < -0.4 is 10.6 Å². The summed E-state index contributed by atoms with van der Waals surface area (Å²) in [5.41, 5.74) is 2.56. The molecule has 2 N–H and O–H groups in total. The third-order valence-electron chi connectivity index (χ3n) is 3.27. The van der Waals surface area contributed by atoms with Crippen LogP contribution in [0.25, 0.3) is 0 Å². The first kappa shape index (κ1) is 12.1. The summed E-state index contributed by atoms with van der Waals surface area (Å²) in [6.45, 7) is 0. The van der Waals surface area contributed by atoms with Crippen LogP contribution in [0.2, 0.25) is 0 Å². The summed E-state index contributed by atoms with van der Waals surface area (Å²) in [7, 11) is 0. The second-order valence-corrected chi connectivity index (χ2v) is 5.31. The van der Waals surface area contributed by atoms with Gasteiger partial charge < -0.3 is 5.32 Å². The zero-order chi connectivity index (χ0) is 13.1. The van der Waals surface area contributed by atoms with Crippen molar-refractivity contribution in [2.45, 2.75) is 25.3 Å². The summed E-state index contributed by atoms with van der Waals surface area (Å²) in [4.78, 5) is 11.9. The maximum absolute atomic E-state index is 11.9. The molecule has 1 aliphatic rings. The number of fused-ring (bicyclic) bond motifs is 1. The van der Waals surface area contributed by atoms with Crippen molar-refractivity contribution in [3.63, 3.8) is 0 Å². The predicted molar refractivity (Wildman–Crippen MR) is 74.2 cm³/mol. The number of aromatic nitrogens is 2. The molecule has 1 unspecified atom stereocenters. The van der Waals surface area contributed by atoms with E-state index in [2.05, 4.69) is 32.4 Å². The van der Waals surface area contributed by atoms with Gasteiger partial charge in [-0.15, -0.1) is 5.10 Å². The van der Waals surface area contributed by atoms with Crippen LogP contribution in [0.15, 0.2) is 30.5 Å². The van der Waals surface area contributed by atoms with Crippen LogP contribution in [0.1, 0.15) is 30.0 Å². The molecule has 0 bridgehead atoms. The van der Waals surface area contributed by atoms with Gasteiger partial charge in [0.1, 0.15) is 5.00 Å². The monoisotopic (exact) mass is 274 g/mol. The summed E-state index contributed by atoms with van der Waals surface area (Å²) in [5, 5.41) is 10.1. The highest BCUT2D eigenvalue weighted by molar-refractivity contribution is 7.10. The molecule has 0 aliphatic heterocycles. The number of carbonyl (C=O) groups excluding carboxylic acids is 1. The molecular weight excluding hydrogens is 260 g/mol. The highest BCUT2D eigenvalue weighted by atomic mass is 32.1. The lowest BCUT2D eigenvalue weighted by molar-refractivity contribution is 0.247. The normalized spacial score (nSPS) is 17.6. The van der Waals surface area contributed by atoms with Crippen molar-refractivity contribution < 1.29 is 4.79 Å². The van der Waals surface area contributed by atoms with E-state index >= 15 is 0 Å². The summed E-state index contributed by atoms with van der Waals surface area (Å²) in [5.74, 6) is 0. The number of aryl methyl sites for hydroxylation is 1. The number of nitrogens with zero attached hydrogens (tertiary/aromatic N) is 2. The van der Waals surface area contributed by atoms with Crippen LogP contribution in [0.4, 0.5) is 9.80 Å². The average Bonchev–Trinajstić information content (AvgIpc) is 2.92. The maximum atomic E-state index is 11.9. The SMILES string of the molecule is O=C(Nc1cnns1)NC1CCCc2ccccc21. The standard InChI is InChI=1S/C13H14N4OS/c18-13(16-12-8-14-17-19-12)15-11-7-3-5-9-4-1-2-6-10(9)11/h1-2,4,6,8,11H,3,5,7H2,(H2,15,16,18). The van der Waals surface area contributed by atoms with Gasteiger partial charge in [0.05, 0.1) is 12.2 Å². The van der Waals surface area contributed by atoms with Crippen LogP contribution in [0, 0.1) is 0 Å². The summed E-state index contributed by atoms with van der Waals surface area (Å²) < 4.78 is 3.71. The third kappa shape index (κ3) is 2.73. The number of nitrogens with one attached hydrogen (secondary N) is 2. The van der Waals surface area contributed by atoms with Crippen LogP contribution in [0.5, 0.6) is 0 Å². The van der Waals surface area contributed by atoms with Gasteiger partial charge in [0.15, 0.2) is 0 Å². The molecule has 1 aromatic heterocycles. The molecule has 6 heteroatoms. The molecule has 1 heterocycles. The molecule has 2 amide bonds. The number of amides is 2. The van der Waals surface area contributed by atoms with E-state index in [1.54, 1.807) is 6.20 Å². The van der Waals surface area contributed by atoms with Crippen LogP contribution in [0.3, 0.4) is 0 Å². The number of benzene rings is 1. The van der Waals surface area contributed by atoms with Crippen molar-refractivity contribution >= 4 is 22.6 Å². The largest absolute Gasteiger partial charge is 0.331 e. The lowest BCUT2D eigenvalue weighted by atomic mass is 9.88. The van der Waals surface area contributed by atoms with Crippen molar-refractivity contribution in [3.8, 4) is 0 Å². The first-order chi connectivity index (χ1) is 9.33. The Hall–Kier alpha value is -1.95. The average molecular weight is 274 g/mol. The molecule has 1 aliphatic carbocycles. The molecule has 0 saturated heterocycles. The highest BCUT2D eigenvalue weighted by Crippen LogP contribution is 2.29. The molecule has 5 nitrogen and oxygen atoms in total. The number of anilines is 1. The van der Waals surface area contributed by atoms with E-state index in [0.717, 1.165) is 19.3 Å². The van der Waals surface area contributed by atoms with Gasteiger partial charge in [-0.2, -0.15) is 0 Å². The molecular formula is C13H14N4OS. The molecule has 0 saturated carbocycles. The number of rotatable bonds is 2. The van der Waals surface area contributed by atoms with Crippen LogP contribution >= 0.6 is 11.5 Å². The summed E-state index contributed by atoms with van der Waals surface area (Å²) in [6, 6.07) is 8.18. The predicted octanol–water partition coefficient (Wildman–Crippen LogP) is 2.74. The van der Waals surface area contributed by atoms with E-state index in [0.29, 0.717) is 5.00 Å². The Labute approximate surface area is 115 Å². The second-order valence-electron chi connectivity index (χ2n) is 4.52. The molecule has 0 fully saturated rings. The minimum atomic E-state index is -0.201. The van der Waals surface area contributed by atoms with Gasteiger partial charge in [-0.05, 0) is 30.4 Å². The number of hydrogen-bond acceptors (Lipinski definition) is 4.